The number of nitrogens with one attached hydrogen (secondary N) is 3. The zero-order chi connectivity index (χ0) is 40.3. The van der Waals surface area contributed by atoms with Gasteiger partial charge in [-0.05, 0) is 56.2 Å². The number of hydrogen-bond donors (Lipinski definition) is 3. The van der Waals surface area contributed by atoms with Gasteiger partial charge < -0.3 is 25.2 Å². The highest BCUT2D eigenvalue weighted by molar-refractivity contribution is 6.08. The van der Waals surface area contributed by atoms with Crippen molar-refractivity contribution in [3.8, 4) is 0 Å². The van der Waals surface area contributed by atoms with E-state index in [1.165, 1.54) is 21.5 Å². The Morgan fingerprint density at radius 1 is 1.03 bits per heavy atom. The Labute approximate surface area is 332 Å². The number of piperazine rings is 1. The second-order valence-electron chi connectivity index (χ2n) is 15.1. The van der Waals surface area contributed by atoms with Crippen LogP contribution in [0.1, 0.15) is 78.6 Å². The fraction of sp³-hybridized carbons (Fsp3) is 0.513. The predicted molar refractivity (Wildman–Crippen MR) is 210 cm³/mol. The molecule has 1 aromatic carbocycles. The molecule has 1 atom stereocenters. The van der Waals surface area contributed by atoms with Crippen LogP contribution in [0.25, 0.3) is 16.7 Å². The summed E-state index contributed by atoms with van der Waals surface area (Å²) in [7, 11) is 1.70. The van der Waals surface area contributed by atoms with Crippen LogP contribution >= 0.6 is 0 Å². The van der Waals surface area contributed by atoms with Crippen molar-refractivity contribution < 1.29 is 27.9 Å². The molecule has 5 aromatic rings. The van der Waals surface area contributed by atoms with Gasteiger partial charge in [0.15, 0.2) is 11.3 Å². The fourth-order valence-electron chi connectivity index (χ4n) is 8.34. The van der Waals surface area contributed by atoms with Crippen LogP contribution in [0.3, 0.4) is 0 Å². The summed E-state index contributed by atoms with van der Waals surface area (Å²) in [6, 6.07) is 6.75. The lowest BCUT2D eigenvalue weighted by molar-refractivity contribution is -0.135. The molecule has 0 bridgehead atoms. The van der Waals surface area contributed by atoms with Gasteiger partial charge >= 0.3 is 5.69 Å². The molecule has 3 amide bonds. The van der Waals surface area contributed by atoms with Gasteiger partial charge in [0.25, 0.3) is 12.3 Å². The number of piperidine rings is 2. The van der Waals surface area contributed by atoms with E-state index < -0.39 is 30.0 Å². The van der Waals surface area contributed by atoms with Crippen LogP contribution < -0.4 is 26.5 Å². The number of amides is 3. The number of likely N-dealkylation sites (tertiary alicyclic amines) is 1. The van der Waals surface area contributed by atoms with Crippen LogP contribution in [0.2, 0.25) is 0 Å². The lowest BCUT2D eigenvalue weighted by Gasteiger charge is -2.32. The number of alkyl halides is 2. The van der Waals surface area contributed by atoms with E-state index in [1.807, 2.05) is 24.3 Å². The average Bonchev–Trinajstić information content (AvgIpc) is 3.92. The molecule has 19 heteroatoms. The van der Waals surface area contributed by atoms with E-state index in [2.05, 4.69) is 40.9 Å². The molecule has 0 saturated carbocycles. The first-order valence-corrected chi connectivity index (χ1v) is 20.0. The van der Waals surface area contributed by atoms with Crippen LogP contribution in [-0.2, 0) is 27.8 Å². The maximum absolute atomic E-state index is 14.2. The Balaban J connectivity index is 0.793. The minimum atomic E-state index is -2.87. The highest BCUT2D eigenvalue weighted by Gasteiger charge is 2.32. The summed E-state index contributed by atoms with van der Waals surface area (Å²) in [5, 5.41) is 16.8. The molecule has 0 radical (unpaired) electrons. The third kappa shape index (κ3) is 8.10. The first kappa shape index (κ1) is 39.3. The summed E-state index contributed by atoms with van der Waals surface area (Å²) in [5.74, 6) is -0.630. The summed E-state index contributed by atoms with van der Waals surface area (Å²) in [6.45, 7) is 6.77. The van der Waals surface area contributed by atoms with Crippen molar-refractivity contribution in [3.05, 3.63) is 70.2 Å². The van der Waals surface area contributed by atoms with Gasteiger partial charge in [0.2, 0.25) is 11.8 Å². The van der Waals surface area contributed by atoms with E-state index in [-0.39, 0.29) is 41.7 Å². The van der Waals surface area contributed by atoms with E-state index >= 15 is 0 Å². The Kier molecular flexibility index (Phi) is 11.6. The summed E-state index contributed by atoms with van der Waals surface area (Å²) in [4.78, 5) is 60.0. The molecule has 17 nitrogen and oxygen atoms in total. The molecule has 4 aromatic heterocycles. The fourth-order valence-corrected chi connectivity index (χ4v) is 8.34. The quantitative estimate of drug-likeness (QED) is 0.111. The lowest BCUT2D eigenvalue weighted by Crippen LogP contribution is -2.44. The van der Waals surface area contributed by atoms with Crippen LogP contribution in [0.4, 0.5) is 20.3 Å². The summed E-state index contributed by atoms with van der Waals surface area (Å²) in [5.41, 5.74) is 2.21. The molecule has 0 spiro atoms. The smallest absolute Gasteiger partial charge is 0.329 e. The summed E-state index contributed by atoms with van der Waals surface area (Å²) in [6.07, 6.45) is 5.99. The molecular formula is C39H48F2N12O5. The van der Waals surface area contributed by atoms with Gasteiger partial charge in [-0.15, -0.1) is 0 Å². The number of nitrogens with zero attached hydrogens (tertiary/aromatic N) is 9. The normalized spacial score (nSPS) is 18.5. The van der Waals surface area contributed by atoms with E-state index in [9.17, 15) is 28.0 Å². The van der Waals surface area contributed by atoms with Gasteiger partial charge in [-0.3, -0.25) is 33.5 Å². The van der Waals surface area contributed by atoms with Gasteiger partial charge in [-0.1, -0.05) is 12.1 Å². The van der Waals surface area contributed by atoms with E-state index in [0.717, 1.165) is 88.4 Å². The molecule has 0 aliphatic carbocycles. The second kappa shape index (κ2) is 17.1. The third-order valence-corrected chi connectivity index (χ3v) is 11.4. The SMILES string of the molecule is Cn1c(=O)n(C2CCC(=O)NC2=O)c2cccc(CCCOCCCN3CCC(n4cc(NC(=O)c5cnn6ccc(N7CCNCC7)nc56)c(C(F)F)n4)CC3)c21. The minimum Gasteiger partial charge on any atom is -0.381 e. The molecule has 8 rings (SSSR count). The molecule has 58 heavy (non-hydrogen) atoms. The number of fused-ring (bicyclic) bond motifs is 2. The number of hydrogen-bond acceptors (Lipinski definition) is 11. The van der Waals surface area contributed by atoms with E-state index in [1.54, 1.807) is 22.5 Å². The number of ether oxygens (including phenoxy) is 1. The number of carbonyl (C=O) groups is 3. The number of imidazole rings is 1. The van der Waals surface area contributed by atoms with Crippen LogP contribution in [0, 0.1) is 0 Å². The number of rotatable bonds is 14. The van der Waals surface area contributed by atoms with Crippen molar-refractivity contribution in [1.82, 2.24) is 49.0 Å². The van der Waals surface area contributed by atoms with Crippen molar-refractivity contribution in [2.45, 2.75) is 63.5 Å². The molecule has 3 saturated heterocycles. The molecule has 3 aliphatic heterocycles. The van der Waals surface area contributed by atoms with Gasteiger partial charge in [0.1, 0.15) is 17.4 Å². The third-order valence-electron chi connectivity index (χ3n) is 11.4. The standard InChI is InChI=1S/C39H48F2N12O5/c1-48-34-25(5-2-7-29(34)53(39(48)57)30-8-9-32(54)46-38(30)56)6-3-21-58-22-4-15-49-16-10-26(11-17-49)52-24-28(33(47-52)35(40)41)44-37(55)27-23-43-51-18-12-31(45-36(27)51)50-19-13-42-14-20-50/h2,5,7,12,18,23-24,26,30,35,42H,3-4,6,8-11,13-17,19-22H2,1H3,(H,44,55)(H,46,54,56). The maximum atomic E-state index is 14.2. The minimum absolute atomic E-state index is 0.0245. The van der Waals surface area contributed by atoms with E-state index in [4.69, 9.17) is 4.74 Å². The highest BCUT2D eigenvalue weighted by Crippen LogP contribution is 2.31. The number of para-hydroxylation sites is 1. The lowest BCUT2D eigenvalue weighted by atomic mass is 10.0. The van der Waals surface area contributed by atoms with Crippen molar-refractivity contribution in [2.75, 3.05) is 69.2 Å². The number of imide groups is 1. The Bertz CT molecular complexity index is 2360. The summed E-state index contributed by atoms with van der Waals surface area (Å²) < 4.78 is 40.4. The summed E-state index contributed by atoms with van der Waals surface area (Å²) >= 11 is 0. The number of benzene rings is 1. The topological polar surface area (TPSA) is 178 Å². The largest absolute Gasteiger partial charge is 0.381 e. The first-order valence-electron chi connectivity index (χ1n) is 20.0. The second-order valence-corrected chi connectivity index (χ2v) is 15.1. The number of carbonyl (C=O) groups excluding carboxylic acids is 3. The maximum Gasteiger partial charge on any atom is 0.329 e. The van der Waals surface area contributed by atoms with Crippen molar-refractivity contribution in [1.29, 1.82) is 0 Å². The van der Waals surface area contributed by atoms with E-state index in [0.29, 0.717) is 30.8 Å². The van der Waals surface area contributed by atoms with Crippen LogP contribution in [0.5, 0.6) is 0 Å². The number of halogens is 2. The van der Waals surface area contributed by atoms with Gasteiger partial charge in [0, 0.05) is 84.9 Å². The molecule has 3 fully saturated rings. The molecule has 7 heterocycles. The Morgan fingerprint density at radius 3 is 2.60 bits per heavy atom. The Morgan fingerprint density at radius 2 is 1.83 bits per heavy atom. The van der Waals surface area contributed by atoms with Crippen molar-refractivity contribution in [3.63, 3.8) is 0 Å². The monoisotopic (exact) mass is 802 g/mol. The zero-order valence-electron chi connectivity index (χ0n) is 32.4. The molecule has 1 unspecified atom stereocenters. The van der Waals surface area contributed by atoms with Gasteiger partial charge in [-0.2, -0.15) is 10.2 Å². The van der Waals surface area contributed by atoms with Crippen molar-refractivity contribution in [2.24, 2.45) is 7.05 Å². The number of aromatic nitrogens is 7. The number of anilines is 2. The predicted octanol–water partition coefficient (Wildman–Crippen LogP) is 2.83. The molecule has 308 valence electrons. The van der Waals surface area contributed by atoms with Crippen LogP contribution in [-0.4, -0.2) is 115 Å². The highest BCUT2D eigenvalue weighted by atomic mass is 19.3. The zero-order valence-corrected chi connectivity index (χ0v) is 32.4. The Hall–Kier alpha value is -5.53. The average molecular weight is 803 g/mol. The van der Waals surface area contributed by atoms with Crippen molar-refractivity contribution >= 4 is 45.9 Å². The van der Waals surface area contributed by atoms with Gasteiger partial charge in [-0.25, -0.2) is 23.1 Å². The number of aryl methyl sites for hydroxylation is 2. The first-order chi connectivity index (χ1) is 28.2. The van der Waals surface area contributed by atoms with Gasteiger partial charge in [0.05, 0.1) is 29.0 Å². The molecule has 3 N–H and O–H groups in total. The molecular weight excluding hydrogens is 755 g/mol. The van der Waals surface area contributed by atoms with Crippen LogP contribution in [0.15, 0.2) is 47.7 Å². The molecule has 3 aliphatic rings.